The van der Waals surface area contributed by atoms with Gasteiger partial charge in [0.1, 0.15) is 18.2 Å². The Morgan fingerprint density at radius 3 is 1.89 bits per heavy atom. The van der Waals surface area contributed by atoms with Gasteiger partial charge in [-0.05, 0) is 113 Å². The number of hydrogen-bond donors (Lipinski definition) is 5. The third-order valence-corrected chi connectivity index (χ3v) is 18.8. The number of urea groups is 1. The van der Waals surface area contributed by atoms with Crippen LogP contribution in [0.2, 0.25) is 0 Å². The third-order valence-electron chi connectivity index (χ3n) is 18.8. The lowest BCUT2D eigenvalue weighted by Gasteiger charge is -2.39. The zero-order valence-corrected chi connectivity index (χ0v) is 63.4. The second-order valence-electron chi connectivity index (χ2n) is 28.8. The first-order valence-corrected chi connectivity index (χ1v) is 35.9. The minimum atomic E-state index is -0.858. The quantitative estimate of drug-likeness (QED) is 0.0236. The Bertz CT molecular complexity index is 3050. The lowest BCUT2D eigenvalue weighted by molar-refractivity contribution is -0.159. The number of carbonyl (C=O) groups excluding carboxylic acids is 12. The molecule has 25 nitrogen and oxygen atoms in total. The summed E-state index contributed by atoms with van der Waals surface area (Å²) in [6.07, 6.45) is 6.45. The Labute approximate surface area is 599 Å². The van der Waals surface area contributed by atoms with Crippen molar-refractivity contribution in [2.45, 2.75) is 235 Å². The molecule has 2 aliphatic rings. The van der Waals surface area contributed by atoms with Crippen molar-refractivity contribution >= 4 is 76.7 Å². The van der Waals surface area contributed by atoms with Gasteiger partial charge in [-0.2, -0.15) is 0 Å². The van der Waals surface area contributed by atoms with Crippen LogP contribution in [0, 0.1) is 41.4 Å². The number of ketones is 2. The summed E-state index contributed by atoms with van der Waals surface area (Å²) in [4.78, 5) is 161. The van der Waals surface area contributed by atoms with Crippen molar-refractivity contribution in [1.82, 2.24) is 35.6 Å². The van der Waals surface area contributed by atoms with Crippen molar-refractivity contribution in [2.75, 3.05) is 53.3 Å². The smallest absolute Gasteiger partial charge is 0.410 e. The van der Waals surface area contributed by atoms with Crippen LogP contribution in [0.15, 0.2) is 66.7 Å². The lowest BCUT2D eigenvalue weighted by Crippen LogP contribution is -2.53. The monoisotopic (exact) mass is 1410 g/mol. The Morgan fingerprint density at radius 2 is 1.35 bits per heavy atom. The van der Waals surface area contributed by atoms with E-state index in [2.05, 4.69) is 35.1 Å². The van der Waals surface area contributed by atoms with E-state index in [9.17, 15) is 57.5 Å². The van der Waals surface area contributed by atoms with Crippen molar-refractivity contribution in [1.29, 1.82) is 0 Å². The molecule has 0 radical (unpaired) electrons. The van der Waals surface area contributed by atoms with Crippen molar-refractivity contribution in [2.24, 2.45) is 47.2 Å². The van der Waals surface area contributed by atoms with Crippen LogP contribution in [0.1, 0.15) is 185 Å². The maximum absolute atomic E-state index is 14.0. The third kappa shape index (κ3) is 28.4. The number of esters is 1. The summed E-state index contributed by atoms with van der Waals surface area (Å²) < 4.78 is 22.6. The summed E-state index contributed by atoms with van der Waals surface area (Å²) in [6, 6.07) is 12.6. The van der Waals surface area contributed by atoms with E-state index in [0.29, 0.717) is 56.3 Å². The maximum atomic E-state index is 14.0. The predicted octanol–water partition coefficient (Wildman–Crippen LogP) is 9.12. The summed E-state index contributed by atoms with van der Waals surface area (Å²) in [5.74, 6) is -5.40. The van der Waals surface area contributed by atoms with Gasteiger partial charge < -0.3 is 60.6 Å². The van der Waals surface area contributed by atoms with E-state index in [1.807, 2.05) is 76.8 Å². The molecule has 0 spiro atoms. The van der Waals surface area contributed by atoms with E-state index in [1.165, 1.54) is 24.1 Å². The van der Waals surface area contributed by atoms with Crippen LogP contribution in [0.5, 0.6) is 0 Å². The van der Waals surface area contributed by atoms with Gasteiger partial charge in [-0.25, -0.2) is 14.4 Å². The number of methoxy groups -OCH3 is 2. The minimum Gasteiger partial charge on any atom is -0.458 e. The van der Waals surface area contributed by atoms with Gasteiger partial charge in [-0.1, -0.05) is 125 Å². The number of likely N-dealkylation sites (N-methyl/N-ethyl adjacent to an activating group) is 2. The Kier molecular flexibility index (Phi) is 37.1. The topological polar surface area (TPSA) is 329 Å². The number of nitrogens with zero attached hydrogens (tertiary/aromatic N) is 4. The van der Waals surface area contributed by atoms with E-state index in [-0.39, 0.29) is 134 Å². The molecule has 2 aromatic rings. The van der Waals surface area contributed by atoms with E-state index in [0.717, 1.165) is 29.7 Å². The number of rotatable bonds is 40. The standard InChI is InChI=1S/C51H81N7O11.C25H38N2O5/c1-13-34(8)47(35(9)68-12)56(10)49(65)39(31(2)3)29-41(60)46(33(6)7)57(11)51(67)69-30-36-20-22-38(23-21-36)54-48(64)37(18-17-26-53-50(52)66)28-40(59)45(32(4)5)55-42(61)19-15-14-16-27-58-43(62)24-25-44(58)63;1-7-21(28)27-15-11-14-20(27)22(31-6)17(2)23(29)26-19(24(30)32-25(3,4)5)16-18-12-9-8-10-13-18/h20-25,31-35,37,39,45-47H,13-19,26-30H2,1-12H3,(H,54,64)(H,55,61)(H3,52,53,66);8-10,12-13,17,19-20,22H,7,11,14-16H2,1-6H3,(H,26,29)/t34-,35+,37+,39-,45-,46-,47-;17-,19+,20+,22-/m01/s1. The molecule has 2 heterocycles. The second kappa shape index (κ2) is 43.0. The molecule has 25 heteroatoms. The van der Waals surface area contributed by atoms with Crippen LogP contribution in [0.3, 0.4) is 0 Å². The van der Waals surface area contributed by atoms with E-state index < -0.39 is 71.6 Å². The van der Waals surface area contributed by atoms with Crippen molar-refractivity contribution in [3.63, 3.8) is 0 Å². The highest BCUT2D eigenvalue weighted by Crippen LogP contribution is 2.30. The zero-order valence-electron chi connectivity index (χ0n) is 63.4. The molecule has 2 aliphatic heterocycles. The normalized spacial score (nSPS) is 16.7. The van der Waals surface area contributed by atoms with Gasteiger partial charge >= 0.3 is 18.1 Å². The average Bonchev–Trinajstić information content (AvgIpc) is 1.81. The number of imide groups is 1. The number of likely N-dealkylation sites (tertiary alicyclic amines) is 1. The second-order valence-corrected chi connectivity index (χ2v) is 28.8. The van der Waals surface area contributed by atoms with Crippen molar-refractivity contribution in [3.05, 3.63) is 77.9 Å². The van der Waals surface area contributed by atoms with Crippen LogP contribution in [0.4, 0.5) is 15.3 Å². The maximum Gasteiger partial charge on any atom is 0.410 e. The van der Waals surface area contributed by atoms with E-state index in [1.54, 1.807) is 92.0 Å². The molecule has 0 bridgehead atoms. The molecule has 0 unspecified atom stereocenters. The van der Waals surface area contributed by atoms with Gasteiger partial charge in [-0.15, -0.1) is 0 Å². The van der Waals surface area contributed by atoms with Crippen LogP contribution in [-0.4, -0.2) is 187 Å². The summed E-state index contributed by atoms with van der Waals surface area (Å²) >= 11 is 0. The van der Waals surface area contributed by atoms with Gasteiger partial charge in [0.2, 0.25) is 29.5 Å². The fourth-order valence-electron chi connectivity index (χ4n) is 12.9. The first-order valence-electron chi connectivity index (χ1n) is 35.9. The van der Waals surface area contributed by atoms with E-state index in [4.69, 9.17) is 24.7 Å². The number of hydrogen-bond acceptors (Lipinski definition) is 16. The van der Waals surface area contributed by atoms with Gasteiger partial charge in [0.15, 0.2) is 11.6 Å². The summed E-state index contributed by atoms with van der Waals surface area (Å²) in [7, 11) is 6.46. The highest BCUT2D eigenvalue weighted by Gasteiger charge is 2.42. The van der Waals surface area contributed by atoms with Gasteiger partial charge in [0.25, 0.3) is 11.8 Å². The highest BCUT2D eigenvalue weighted by atomic mass is 16.6. The number of anilines is 1. The fraction of sp³-hybridized carbons (Fsp3) is 0.658. The molecule has 11 atom stereocenters. The number of ether oxygens (including phenoxy) is 4. The number of carbonyl (C=O) groups is 12. The highest BCUT2D eigenvalue weighted by molar-refractivity contribution is 6.12. The minimum absolute atomic E-state index is 0.0483. The largest absolute Gasteiger partial charge is 0.458 e. The van der Waals surface area contributed by atoms with Crippen LogP contribution < -0.4 is 27.0 Å². The number of nitrogens with two attached hydrogens (primary N) is 1. The molecule has 101 heavy (non-hydrogen) atoms. The molecule has 1 fully saturated rings. The number of unbranched alkanes of at least 4 members (excludes halogenated alkanes) is 2. The molecule has 564 valence electrons. The Morgan fingerprint density at radius 1 is 0.713 bits per heavy atom. The Hall–Kier alpha value is -8.06. The number of Topliss-reactive ketones (excluding diaryl/α,β-unsaturated/α-hetero) is 2. The molecular formula is C76H119N9O16. The first kappa shape index (κ1) is 87.2. The molecule has 2 aromatic carbocycles. The molecular weight excluding hydrogens is 1290 g/mol. The number of nitrogens with one attached hydrogen (secondary N) is 4. The number of amides is 10. The Balaban J connectivity index is 0.000000686. The molecule has 1 saturated heterocycles. The molecule has 10 amide bonds. The van der Waals surface area contributed by atoms with Crippen LogP contribution in [-0.2, 0) is 79.9 Å². The molecule has 0 saturated carbocycles. The lowest BCUT2D eigenvalue weighted by atomic mass is 9.84. The average molecular weight is 1410 g/mol. The summed E-state index contributed by atoms with van der Waals surface area (Å²) in [6.45, 7) is 27.2. The van der Waals surface area contributed by atoms with Crippen molar-refractivity contribution in [3.8, 4) is 0 Å². The van der Waals surface area contributed by atoms with Crippen LogP contribution in [0.25, 0.3) is 0 Å². The number of benzene rings is 2. The van der Waals surface area contributed by atoms with Crippen molar-refractivity contribution < 1.29 is 76.5 Å². The van der Waals surface area contributed by atoms with E-state index >= 15 is 0 Å². The number of primary amides is 1. The molecule has 0 aliphatic carbocycles. The van der Waals surface area contributed by atoms with Gasteiger partial charge in [-0.3, -0.25) is 48.1 Å². The predicted molar refractivity (Wildman–Crippen MR) is 386 cm³/mol. The van der Waals surface area contributed by atoms with Crippen LogP contribution >= 0.6 is 0 Å². The fourth-order valence-corrected chi connectivity index (χ4v) is 12.9. The summed E-state index contributed by atoms with van der Waals surface area (Å²) in [5.41, 5.74) is 6.50. The SMILES string of the molecule is CCC(=O)N1CCC[C@H]1[C@H](OC)[C@@H](C)C(=O)N[C@@H](Cc1ccccc1)C(=O)OC(C)(C)C.CC[C@H](C)[C@@H]([C@@H](C)OC)N(C)C(=O)[C@@H](CC(=O)[C@H](C(C)C)N(C)C(=O)OCc1ccc(NC(=O)[C@H](CCCNC(N)=O)CC(=O)[C@@H](NC(=O)CCCCCN2C(=O)C=CC2=O)C(C)C)cc1)C(C)C. The molecule has 0 aromatic heterocycles. The molecule has 4 rings (SSSR count). The van der Waals surface area contributed by atoms with Gasteiger partial charge in [0.05, 0.1) is 42.3 Å². The van der Waals surface area contributed by atoms with Gasteiger partial charge in [0, 0.05) is 110 Å². The summed E-state index contributed by atoms with van der Waals surface area (Å²) in [5, 5.41) is 11.1. The first-order chi connectivity index (χ1) is 47.5. The molecule has 6 N–H and O–H groups in total. The zero-order chi connectivity index (χ0) is 76.0.